The normalized spacial score (nSPS) is 32.2. The van der Waals surface area contributed by atoms with E-state index in [1.165, 1.54) is 11.1 Å². The molecule has 2 bridgehead atoms. The Hall–Kier alpha value is -1.64. The lowest BCUT2D eigenvalue weighted by Crippen LogP contribution is -2.52. The van der Waals surface area contributed by atoms with Crippen LogP contribution in [0.15, 0.2) is 24.3 Å². The number of carbonyl (C=O) groups excluding carboxylic acids is 2. The maximum absolute atomic E-state index is 13.3. The van der Waals surface area contributed by atoms with E-state index < -0.39 is 5.41 Å². The SMILES string of the molecule is CC1(C)C2CCC1(C(=O)N1CCc3ccccc3C1)C(=O)C2. The second-order valence-corrected chi connectivity index (χ2v) is 7.74. The van der Waals surface area contributed by atoms with Crippen molar-refractivity contribution in [1.29, 1.82) is 0 Å². The van der Waals surface area contributed by atoms with Gasteiger partial charge in [-0.3, -0.25) is 9.59 Å². The molecule has 2 fully saturated rings. The van der Waals surface area contributed by atoms with Gasteiger partial charge < -0.3 is 4.90 Å². The van der Waals surface area contributed by atoms with Gasteiger partial charge in [0.25, 0.3) is 0 Å². The van der Waals surface area contributed by atoms with Gasteiger partial charge in [-0.1, -0.05) is 38.1 Å². The van der Waals surface area contributed by atoms with Crippen LogP contribution in [-0.2, 0) is 22.6 Å². The van der Waals surface area contributed by atoms with Crippen molar-refractivity contribution in [3.05, 3.63) is 35.4 Å². The molecular weight excluding hydrogens is 274 g/mol. The monoisotopic (exact) mass is 297 g/mol. The number of nitrogens with zero attached hydrogens (tertiary/aromatic N) is 1. The second-order valence-electron chi connectivity index (χ2n) is 7.74. The second kappa shape index (κ2) is 4.43. The molecule has 116 valence electrons. The molecule has 1 amide bonds. The lowest BCUT2D eigenvalue weighted by atomic mass is 9.67. The summed E-state index contributed by atoms with van der Waals surface area (Å²) in [6.45, 7) is 5.66. The van der Waals surface area contributed by atoms with Crippen molar-refractivity contribution >= 4 is 11.7 Å². The third-order valence-corrected chi connectivity index (χ3v) is 6.68. The summed E-state index contributed by atoms with van der Waals surface area (Å²) in [5, 5.41) is 0. The highest BCUT2D eigenvalue weighted by Crippen LogP contribution is 2.64. The van der Waals surface area contributed by atoms with Gasteiger partial charge in [-0.25, -0.2) is 0 Å². The lowest BCUT2D eigenvalue weighted by molar-refractivity contribution is -0.153. The summed E-state index contributed by atoms with van der Waals surface area (Å²) in [5.41, 5.74) is 1.64. The van der Waals surface area contributed by atoms with E-state index in [-0.39, 0.29) is 17.1 Å². The standard InChI is InChI=1S/C19H23NO2/c1-18(2)15-7-9-19(18,16(21)11-15)17(22)20-10-8-13-5-3-4-6-14(13)12-20/h3-6,15H,7-12H2,1-2H3. The molecule has 2 atom stereocenters. The zero-order chi connectivity index (χ0) is 15.5. The average molecular weight is 297 g/mol. The van der Waals surface area contributed by atoms with Crippen LogP contribution in [-0.4, -0.2) is 23.1 Å². The summed E-state index contributed by atoms with van der Waals surface area (Å²) in [7, 11) is 0. The molecule has 3 nitrogen and oxygen atoms in total. The summed E-state index contributed by atoms with van der Waals surface area (Å²) in [4.78, 5) is 27.9. The van der Waals surface area contributed by atoms with E-state index in [4.69, 9.17) is 0 Å². The molecule has 0 aromatic heterocycles. The van der Waals surface area contributed by atoms with Crippen molar-refractivity contribution in [2.24, 2.45) is 16.7 Å². The number of carbonyl (C=O) groups is 2. The fourth-order valence-electron chi connectivity index (χ4n) is 5.12. The van der Waals surface area contributed by atoms with Gasteiger partial charge in [0.05, 0.1) is 0 Å². The molecule has 3 aliphatic rings. The predicted octanol–water partition coefficient (Wildman–Crippen LogP) is 2.97. The van der Waals surface area contributed by atoms with Gasteiger partial charge in [0, 0.05) is 19.5 Å². The molecule has 1 aromatic rings. The topological polar surface area (TPSA) is 37.4 Å². The zero-order valence-corrected chi connectivity index (χ0v) is 13.4. The van der Waals surface area contributed by atoms with Crippen LogP contribution in [0.1, 0.15) is 44.2 Å². The van der Waals surface area contributed by atoms with Crippen molar-refractivity contribution in [3.63, 3.8) is 0 Å². The minimum Gasteiger partial charge on any atom is -0.337 e. The van der Waals surface area contributed by atoms with Gasteiger partial charge in [0.15, 0.2) is 0 Å². The summed E-state index contributed by atoms with van der Waals surface area (Å²) in [6, 6.07) is 8.33. The lowest BCUT2D eigenvalue weighted by Gasteiger charge is -2.40. The molecule has 0 radical (unpaired) electrons. The van der Waals surface area contributed by atoms with Gasteiger partial charge in [0.1, 0.15) is 11.2 Å². The fraction of sp³-hybridized carbons (Fsp3) is 0.579. The molecule has 2 saturated carbocycles. The first-order chi connectivity index (χ1) is 10.5. The Morgan fingerprint density at radius 1 is 1.23 bits per heavy atom. The molecule has 3 heteroatoms. The van der Waals surface area contributed by atoms with Crippen LogP contribution in [0.2, 0.25) is 0 Å². The van der Waals surface area contributed by atoms with Crippen LogP contribution in [0.5, 0.6) is 0 Å². The quantitative estimate of drug-likeness (QED) is 0.747. The highest BCUT2D eigenvalue weighted by Gasteiger charge is 2.68. The molecule has 22 heavy (non-hydrogen) atoms. The van der Waals surface area contributed by atoms with Crippen molar-refractivity contribution in [1.82, 2.24) is 4.90 Å². The zero-order valence-electron chi connectivity index (χ0n) is 13.4. The number of fused-ring (bicyclic) bond motifs is 3. The molecule has 2 unspecified atom stereocenters. The van der Waals surface area contributed by atoms with Gasteiger partial charge in [-0.05, 0) is 41.7 Å². The third kappa shape index (κ3) is 1.57. The van der Waals surface area contributed by atoms with Crippen LogP contribution in [0.25, 0.3) is 0 Å². The molecule has 2 aliphatic carbocycles. The molecule has 1 aromatic carbocycles. The first-order valence-electron chi connectivity index (χ1n) is 8.36. The molecule has 0 saturated heterocycles. The van der Waals surface area contributed by atoms with E-state index in [1.54, 1.807) is 0 Å². The minimum absolute atomic E-state index is 0.0944. The molecule has 0 N–H and O–H groups in total. The highest BCUT2D eigenvalue weighted by atomic mass is 16.2. The van der Waals surface area contributed by atoms with Crippen molar-refractivity contribution in [2.45, 2.75) is 46.1 Å². The summed E-state index contributed by atoms with van der Waals surface area (Å²) in [5.74, 6) is 0.677. The minimum atomic E-state index is -0.746. The number of benzene rings is 1. The molecule has 0 spiro atoms. The van der Waals surface area contributed by atoms with Crippen molar-refractivity contribution < 1.29 is 9.59 Å². The van der Waals surface area contributed by atoms with Crippen LogP contribution in [0.3, 0.4) is 0 Å². The third-order valence-electron chi connectivity index (χ3n) is 6.68. The van der Waals surface area contributed by atoms with Crippen LogP contribution < -0.4 is 0 Å². The van der Waals surface area contributed by atoms with E-state index in [2.05, 4.69) is 32.0 Å². The number of hydrogen-bond donors (Lipinski definition) is 0. The molecule has 1 aliphatic heterocycles. The fourth-order valence-corrected chi connectivity index (χ4v) is 5.12. The van der Waals surface area contributed by atoms with Gasteiger partial charge in [-0.2, -0.15) is 0 Å². The Morgan fingerprint density at radius 2 is 1.95 bits per heavy atom. The maximum atomic E-state index is 13.3. The van der Waals surface area contributed by atoms with Crippen LogP contribution >= 0.6 is 0 Å². The predicted molar refractivity (Wildman–Crippen MR) is 84.1 cm³/mol. The van der Waals surface area contributed by atoms with E-state index in [1.807, 2.05) is 11.0 Å². The van der Waals surface area contributed by atoms with E-state index >= 15 is 0 Å². The van der Waals surface area contributed by atoms with Crippen LogP contribution in [0.4, 0.5) is 0 Å². The smallest absolute Gasteiger partial charge is 0.237 e. The largest absolute Gasteiger partial charge is 0.337 e. The Morgan fingerprint density at radius 3 is 2.59 bits per heavy atom. The number of rotatable bonds is 1. The van der Waals surface area contributed by atoms with E-state index in [9.17, 15) is 9.59 Å². The Kier molecular flexibility index (Phi) is 2.82. The molecule has 1 heterocycles. The van der Waals surface area contributed by atoms with Gasteiger partial charge in [-0.15, -0.1) is 0 Å². The highest BCUT2D eigenvalue weighted by molar-refractivity contribution is 6.09. The number of Topliss-reactive ketones (excluding diaryl/α,β-unsaturated/α-hetero) is 1. The average Bonchev–Trinajstić information content (AvgIpc) is 2.89. The molecule has 4 rings (SSSR count). The number of ketones is 1. The first-order valence-corrected chi connectivity index (χ1v) is 8.36. The van der Waals surface area contributed by atoms with Crippen molar-refractivity contribution in [3.8, 4) is 0 Å². The summed E-state index contributed by atoms with van der Waals surface area (Å²) >= 11 is 0. The van der Waals surface area contributed by atoms with Gasteiger partial charge in [0.2, 0.25) is 5.91 Å². The summed E-state index contributed by atoms with van der Waals surface area (Å²) in [6.07, 6.45) is 3.27. The number of amides is 1. The summed E-state index contributed by atoms with van der Waals surface area (Å²) < 4.78 is 0. The first kappa shape index (κ1) is 14.0. The van der Waals surface area contributed by atoms with Crippen molar-refractivity contribution in [2.75, 3.05) is 6.54 Å². The van der Waals surface area contributed by atoms with Gasteiger partial charge >= 0.3 is 0 Å². The number of hydrogen-bond acceptors (Lipinski definition) is 2. The maximum Gasteiger partial charge on any atom is 0.237 e. The Balaban J connectivity index is 1.67. The molecular formula is C19H23NO2. The Labute approximate surface area is 131 Å². The van der Waals surface area contributed by atoms with E-state index in [0.29, 0.717) is 18.9 Å². The van der Waals surface area contributed by atoms with E-state index in [0.717, 1.165) is 25.8 Å². The Bertz CT molecular complexity index is 663. The van der Waals surface area contributed by atoms with Crippen LogP contribution in [0, 0.1) is 16.7 Å².